The summed E-state index contributed by atoms with van der Waals surface area (Å²) < 4.78 is 13.0. The molecule has 0 spiro atoms. The molecule has 1 rings (SSSR count). The third-order valence-electron chi connectivity index (χ3n) is 2.77. The third-order valence-corrected chi connectivity index (χ3v) is 2.77. The Morgan fingerprint density at radius 2 is 1.95 bits per heavy atom. The minimum absolute atomic E-state index is 0.118. The number of halogens is 1. The van der Waals surface area contributed by atoms with Crippen molar-refractivity contribution in [3.63, 3.8) is 0 Å². The van der Waals surface area contributed by atoms with E-state index in [1.54, 1.807) is 6.92 Å². The fourth-order valence-corrected chi connectivity index (χ4v) is 1.60. The Kier molecular flexibility index (Phi) is 6.66. The first-order valence-electron chi connectivity index (χ1n) is 6.51. The maximum Gasteiger partial charge on any atom is 0.313 e. The van der Waals surface area contributed by atoms with E-state index in [4.69, 9.17) is 5.11 Å². The molecule has 0 saturated carbocycles. The van der Waals surface area contributed by atoms with E-state index < -0.39 is 17.6 Å². The van der Waals surface area contributed by atoms with Crippen LogP contribution in [-0.2, 0) is 9.59 Å². The van der Waals surface area contributed by atoms with Crippen molar-refractivity contribution >= 4 is 17.5 Å². The molecule has 0 aliphatic rings. The first-order valence-corrected chi connectivity index (χ1v) is 6.51. The number of amides is 2. The molecule has 0 radical (unpaired) electrons. The largest absolute Gasteiger partial charge is 0.396 e. The number of benzene rings is 1. The molecule has 0 aliphatic carbocycles. The topological polar surface area (TPSA) is 78.4 Å². The number of hydrogen-bond donors (Lipinski definition) is 3. The Hall–Kier alpha value is -1.95. The molecule has 0 aromatic heterocycles. The van der Waals surface area contributed by atoms with Crippen LogP contribution >= 0.6 is 0 Å². The van der Waals surface area contributed by atoms with E-state index in [0.717, 1.165) is 6.42 Å². The minimum atomic E-state index is -0.819. The van der Waals surface area contributed by atoms with E-state index >= 15 is 0 Å². The molecule has 0 aliphatic heterocycles. The Morgan fingerprint density at radius 3 is 2.65 bits per heavy atom. The van der Waals surface area contributed by atoms with Crippen molar-refractivity contribution < 1.29 is 19.1 Å². The second kappa shape index (κ2) is 8.27. The number of aryl methyl sites for hydroxylation is 1. The van der Waals surface area contributed by atoms with Gasteiger partial charge in [-0.25, -0.2) is 4.39 Å². The molecule has 0 heterocycles. The van der Waals surface area contributed by atoms with Crippen LogP contribution in [0.15, 0.2) is 18.2 Å². The van der Waals surface area contributed by atoms with Gasteiger partial charge in [-0.3, -0.25) is 9.59 Å². The summed E-state index contributed by atoms with van der Waals surface area (Å²) >= 11 is 0. The molecule has 1 aromatic rings. The van der Waals surface area contributed by atoms with Crippen LogP contribution in [0.1, 0.15) is 24.8 Å². The van der Waals surface area contributed by atoms with Crippen LogP contribution in [0.4, 0.5) is 10.1 Å². The molecule has 0 fully saturated rings. The summed E-state index contributed by atoms with van der Waals surface area (Å²) in [7, 11) is 0. The number of carbonyl (C=O) groups is 2. The van der Waals surface area contributed by atoms with Gasteiger partial charge in [-0.1, -0.05) is 6.07 Å². The zero-order chi connectivity index (χ0) is 15.0. The van der Waals surface area contributed by atoms with Crippen LogP contribution in [0.5, 0.6) is 0 Å². The fourth-order valence-electron chi connectivity index (χ4n) is 1.60. The van der Waals surface area contributed by atoms with Crippen LogP contribution in [0.3, 0.4) is 0 Å². The number of carbonyl (C=O) groups excluding carboxylic acids is 2. The summed E-state index contributed by atoms with van der Waals surface area (Å²) in [5.41, 5.74) is 0.959. The fraction of sp³-hybridized carbons (Fsp3) is 0.429. The molecule has 6 heteroatoms. The average molecular weight is 282 g/mol. The Bertz CT molecular complexity index is 477. The number of aliphatic hydroxyl groups excluding tert-OH is 1. The van der Waals surface area contributed by atoms with E-state index in [1.165, 1.54) is 18.2 Å². The Morgan fingerprint density at radius 1 is 1.20 bits per heavy atom. The summed E-state index contributed by atoms with van der Waals surface area (Å²) in [4.78, 5) is 23.1. The SMILES string of the molecule is Cc1ccc(F)cc1NC(=O)C(=O)NCCCCCO. The van der Waals surface area contributed by atoms with E-state index in [1.807, 2.05) is 0 Å². The van der Waals surface area contributed by atoms with Crippen LogP contribution in [0.25, 0.3) is 0 Å². The highest BCUT2D eigenvalue weighted by molar-refractivity contribution is 6.39. The number of unbranched alkanes of at least 4 members (excludes halogenated alkanes) is 2. The maximum atomic E-state index is 13.0. The van der Waals surface area contributed by atoms with E-state index in [0.29, 0.717) is 24.9 Å². The second-order valence-corrected chi connectivity index (χ2v) is 4.45. The quantitative estimate of drug-likeness (QED) is 0.544. The van der Waals surface area contributed by atoms with Gasteiger partial charge < -0.3 is 15.7 Å². The zero-order valence-corrected chi connectivity index (χ0v) is 11.4. The molecular weight excluding hydrogens is 263 g/mol. The molecule has 110 valence electrons. The van der Waals surface area contributed by atoms with Gasteiger partial charge in [-0.15, -0.1) is 0 Å². The molecule has 3 N–H and O–H groups in total. The number of aliphatic hydroxyl groups is 1. The molecule has 0 bridgehead atoms. The van der Waals surface area contributed by atoms with Crippen molar-refractivity contribution in [2.75, 3.05) is 18.5 Å². The first kappa shape index (κ1) is 16.1. The predicted octanol–water partition coefficient (Wildman–Crippen LogP) is 1.35. The summed E-state index contributed by atoms with van der Waals surface area (Å²) in [6, 6.07) is 3.98. The van der Waals surface area contributed by atoms with E-state index in [2.05, 4.69) is 10.6 Å². The lowest BCUT2D eigenvalue weighted by atomic mass is 10.2. The molecule has 5 nitrogen and oxygen atoms in total. The summed E-state index contributed by atoms with van der Waals surface area (Å²) in [5, 5.41) is 13.4. The third kappa shape index (κ3) is 5.36. The van der Waals surface area contributed by atoms with Crippen molar-refractivity contribution in [1.29, 1.82) is 0 Å². The van der Waals surface area contributed by atoms with E-state index in [9.17, 15) is 14.0 Å². The van der Waals surface area contributed by atoms with Crippen LogP contribution in [0.2, 0.25) is 0 Å². The van der Waals surface area contributed by atoms with E-state index in [-0.39, 0.29) is 12.3 Å². The number of anilines is 1. The summed E-state index contributed by atoms with van der Waals surface area (Å²) in [6.07, 6.45) is 2.14. The molecule has 0 unspecified atom stereocenters. The second-order valence-electron chi connectivity index (χ2n) is 4.45. The van der Waals surface area contributed by atoms with Crippen molar-refractivity contribution in [3.8, 4) is 0 Å². The zero-order valence-electron chi connectivity index (χ0n) is 11.4. The number of nitrogens with one attached hydrogen (secondary N) is 2. The van der Waals surface area contributed by atoms with Gasteiger partial charge in [0.2, 0.25) is 0 Å². The van der Waals surface area contributed by atoms with Crippen molar-refractivity contribution in [2.24, 2.45) is 0 Å². The number of hydrogen-bond acceptors (Lipinski definition) is 3. The van der Waals surface area contributed by atoms with Crippen LogP contribution in [0, 0.1) is 12.7 Å². The van der Waals surface area contributed by atoms with Gasteiger partial charge in [0.1, 0.15) is 5.82 Å². The Labute approximate surface area is 117 Å². The van der Waals surface area contributed by atoms with Gasteiger partial charge in [0.25, 0.3) is 0 Å². The van der Waals surface area contributed by atoms with Crippen molar-refractivity contribution in [1.82, 2.24) is 5.32 Å². The Balaban J connectivity index is 2.41. The van der Waals surface area contributed by atoms with Gasteiger partial charge >= 0.3 is 11.8 Å². The van der Waals surface area contributed by atoms with Gasteiger partial charge in [0.05, 0.1) is 0 Å². The molecule has 2 amide bonds. The lowest BCUT2D eigenvalue weighted by molar-refractivity contribution is -0.136. The smallest absolute Gasteiger partial charge is 0.313 e. The van der Waals surface area contributed by atoms with Crippen LogP contribution in [-0.4, -0.2) is 30.1 Å². The summed E-state index contributed by atoms with van der Waals surface area (Å²) in [5.74, 6) is -2.05. The first-order chi connectivity index (χ1) is 9.54. The predicted molar refractivity (Wildman–Crippen MR) is 73.7 cm³/mol. The maximum absolute atomic E-state index is 13.0. The average Bonchev–Trinajstić information content (AvgIpc) is 2.42. The standard InChI is InChI=1S/C14H19FN2O3/c1-10-5-6-11(15)9-12(10)17-14(20)13(19)16-7-3-2-4-8-18/h5-6,9,18H,2-4,7-8H2,1H3,(H,16,19)(H,17,20). The van der Waals surface area contributed by atoms with Crippen molar-refractivity contribution in [3.05, 3.63) is 29.6 Å². The van der Waals surface area contributed by atoms with Gasteiger partial charge in [-0.2, -0.15) is 0 Å². The molecule has 20 heavy (non-hydrogen) atoms. The monoisotopic (exact) mass is 282 g/mol. The lowest BCUT2D eigenvalue weighted by Crippen LogP contribution is -2.36. The highest BCUT2D eigenvalue weighted by atomic mass is 19.1. The molecule has 0 atom stereocenters. The minimum Gasteiger partial charge on any atom is -0.396 e. The molecular formula is C14H19FN2O3. The van der Waals surface area contributed by atoms with Gasteiger partial charge in [0.15, 0.2) is 0 Å². The molecule has 0 saturated heterocycles. The number of rotatable bonds is 6. The normalized spacial score (nSPS) is 10.2. The van der Waals surface area contributed by atoms with Crippen LogP contribution < -0.4 is 10.6 Å². The lowest BCUT2D eigenvalue weighted by Gasteiger charge is -2.08. The highest BCUT2D eigenvalue weighted by Crippen LogP contribution is 2.15. The molecule has 1 aromatic carbocycles. The van der Waals surface area contributed by atoms with Crippen molar-refractivity contribution in [2.45, 2.75) is 26.2 Å². The summed E-state index contributed by atoms with van der Waals surface area (Å²) in [6.45, 7) is 2.20. The highest BCUT2D eigenvalue weighted by Gasteiger charge is 2.14. The van der Waals surface area contributed by atoms with Gasteiger partial charge in [0, 0.05) is 18.8 Å². The van der Waals surface area contributed by atoms with Gasteiger partial charge in [-0.05, 0) is 43.9 Å².